The van der Waals surface area contributed by atoms with Gasteiger partial charge in [0.1, 0.15) is 18.5 Å². The van der Waals surface area contributed by atoms with E-state index in [0.29, 0.717) is 5.56 Å². The standard InChI is InChI=1S/C23H26NO4/c1-23(2)18-11-8-16(22(25)28-6)13-19(18)24(3)21(23)12-9-15-7-10-17(26-4)14-20(15)27-5/h7-14H,1-6H3/q+1. The first-order valence-electron chi connectivity index (χ1n) is 9.07. The zero-order valence-electron chi connectivity index (χ0n) is 17.2. The molecule has 1 aliphatic heterocycles. The van der Waals surface area contributed by atoms with E-state index in [1.54, 1.807) is 14.2 Å². The second-order valence-corrected chi connectivity index (χ2v) is 7.23. The van der Waals surface area contributed by atoms with Crippen LogP contribution in [-0.2, 0) is 10.2 Å². The van der Waals surface area contributed by atoms with Crippen molar-refractivity contribution in [2.45, 2.75) is 19.3 Å². The van der Waals surface area contributed by atoms with Gasteiger partial charge in [-0.1, -0.05) is 6.07 Å². The summed E-state index contributed by atoms with van der Waals surface area (Å²) in [6.07, 6.45) is 4.14. The van der Waals surface area contributed by atoms with Crippen LogP contribution < -0.4 is 9.47 Å². The summed E-state index contributed by atoms with van der Waals surface area (Å²) in [6.45, 7) is 4.36. The molecule has 1 aliphatic rings. The summed E-state index contributed by atoms with van der Waals surface area (Å²) in [4.78, 5) is 11.9. The molecule has 0 N–H and O–H groups in total. The second-order valence-electron chi connectivity index (χ2n) is 7.23. The smallest absolute Gasteiger partial charge is 0.338 e. The van der Waals surface area contributed by atoms with Gasteiger partial charge in [-0.05, 0) is 38.1 Å². The van der Waals surface area contributed by atoms with E-state index < -0.39 is 0 Å². The van der Waals surface area contributed by atoms with Gasteiger partial charge in [0.2, 0.25) is 5.69 Å². The van der Waals surface area contributed by atoms with Gasteiger partial charge in [-0.3, -0.25) is 0 Å². The molecule has 146 valence electrons. The van der Waals surface area contributed by atoms with Gasteiger partial charge in [-0.15, -0.1) is 0 Å². The van der Waals surface area contributed by atoms with Crippen molar-refractivity contribution in [3.63, 3.8) is 0 Å². The molecule has 0 aliphatic carbocycles. The van der Waals surface area contributed by atoms with Crippen molar-refractivity contribution in [2.75, 3.05) is 28.4 Å². The third-order valence-corrected chi connectivity index (χ3v) is 5.32. The Morgan fingerprint density at radius 1 is 1.00 bits per heavy atom. The maximum Gasteiger partial charge on any atom is 0.338 e. The Kier molecular flexibility index (Phi) is 5.27. The molecule has 0 aromatic heterocycles. The van der Waals surface area contributed by atoms with Crippen molar-refractivity contribution in [1.82, 2.24) is 0 Å². The SMILES string of the molecule is COC(=O)c1ccc2c(c1)[N+](C)=C(C=Cc1ccc(OC)cc1OC)C2(C)C. The summed E-state index contributed by atoms with van der Waals surface area (Å²) in [5.41, 5.74) is 4.62. The number of benzene rings is 2. The average molecular weight is 380 g/mol. The van der Waals surface area contributed by atoms with Gasteiger partial charge < -0.3 is 14.2 Å². The van der Waals surface area contributed by atoms with Crippen molar-refractivity contribution in [2.24, 2.45) is 0 Å². The van der Waals surface area contributed by atoms with Crippen molar-refractivity contribution in [3.8, 4) is 11.5 Å². The lowest BCUT2D eigenvalue weighted by Crippen LogP contribution is -2.26. The monoisotopic (exact) mass is 380 g/mol. The summed E-state index contributed by atoms with van der Waals surface area (Å²) < 4.78 is 17.7. The molecule has 0 saturated carbocycles. The highest BCUT2D eigenvalue weighted by atomic mass is 16.5. The van der Waals surface area contributed by atoms with E-state index in [1.807, 2.05) is 49.5 Å². The molecule has 2 aromatic rings. The fourth-order valence-electron chi connectivity index (χ4n) is 3.71. The first-order chi connectivity index (χ1) is 13.3. The quantitative estimate of drug-likeness (QED) is 0.576. The topological polar surface area (TPSA) is 47.8 Å². The molecule has 2 aromatic carbocycles. The van der Waals surface area contributed by atoms with E-state index in [0.717, 1.165) is 28.5 Å². The Hall–Kier alpha value is -3.08. The van der Waals surface area contributed by atoms with E-state index in [1.165, 1.54) is 12.7 Å². The van der Waals surface area contributed by atoms with E-state index in [2.05, 4.69) is 24.5 Å². The fraction of sp³-hybridized carbons (Fsp3) is 0.304. The summed E-state index contributed by atoms with van der Waals surface area (Å²) in [5.74, 6) is 1.17. The molecule has 0 amide bonds. The Bertz CT molecular complexity index is 986. The zero-order valence-corrected chi connectivity index (χ0v) is 17.2. The minimum atomic E-state index is -0.332. The minimum Gasteiger partial charge on any atom is -0.497 e. The Morgan fingerprint density at radius 2 is 1.75 bits per heavy atom. The summed E-state index contributed by atoms with van der Waals surface area (Å²) in [7, 11) is 6.69. The predicted molar refractivity (Wildman–Crippen MR) is 110 cm³/mol. The molecular formula is C23H26NO4+. The molecule has 0 bridgehead atoms. The van der Waals surface area contributed by atoms with E-state index in [9.17, 15) is 4.79 Å². The highest BCUT2D eigenvalue weighted by molar-refractivity contribution is 6.06. The molecule has 0 radical (unpaired) electrons. The molecule has 3 rings (SSSR count). The van der Waals surface area contributed by atoms with Crippen LogP contribution in [0.4, 0.5) is 5.69 Å². The predicted octanol–water partition coefficient (Wildman–Crippen LogP) is 4.21. The number of nitrogens with zero attached hydrogens (tertiary/aromatic N) is 1. The van der Waals surface area contributed by atoms with Crippen LogP contribution in [0.3, 0.4) is 0 Å². The zero-order chi connectivity index (χ0) is 20.5. The van der Waals surface area contributed by atoms with Crippen molar-refractivity contribution in [3.05, 3.63) is 59.2 Å². The van der Waals surface area contributed by atoms with E-state index in [4.69, 9.17) is 14.2 Å². The van der Waals surface area contributed by atoms with Gasteiger partial charge in [-0.25, -0.2) is 4.79 Å². The maximum absolute atomic E-state index is 11.9. The molecule has 0 spiro atoms. The summed E-state index contributed by atoms with van der Waals surface area (Å²) in [5, 5.41) is 0. The largest absolute Gasteiger partial charge is 0.497 e. The normalized spacial score (nSPS) is 14.9. The van der Waals surface area contributed by atoms with Gasteiger partial charge in [0, 0.05) is 29.3 Å². The van der Waals surface area contributed by atoms with Crippen LogP contribution in [0.15, 0.2) is 42.5 Å². The first-order valence-corrected chi connectivity index (χ1v) is 9.07. The fourth-order valence-corrected chi connectivity index (χ4v) is 3.71. The molecule has 1 heterocycles. The Balaban J connectivity index is 2.02. The van der Waals surface area contributed by atoms with Gasteiger partial charge >= 0.3 is 5.97 Å². The van der Waals surface area contributed by atoms with Gasteiger partial charge in [0.05, 0.1) is 32.3 Å². The van der Waals surface area contributed by atoms with Gasteiger partial charge in [0.15, 0.2) is 5.71 Å². The number of carbonyl (C=O) groups excluding carboxylic acids is 1. The van der Waals surface area contributed by atoms with Gasteiger partial charge in [0.25, 0.3) is 0 Å². The molecule has 5 nitrogen and oxygen atoms in total. The van der Waals surface area contributed by atoms with Crippen LogP contribution >= 0.6 is 0 Å². The van der Waals surface area contributed by atoms with Crippen molar-refractivity contribution in [1.29, 1.82) is 0 Å². The van der Waals surface area contributed by atoms with Crippen molar-refractivity contribution < 1.29 is 23.6 Å². The third-order valence-electron chi connectivity index (χ3n) is 5.32. The molecule has 0 fully saturated rings. The minimum absolute atomic E-state index is 0.199. The molecular weight excluding hydrogens is 354 g/mol. The lowest BCUT2D eigenvalue weighted by Gasteiger charge is -2.15. The molecule has 0 unspecified atom stereocenters. The molecule has 0 atom stereocenters. The van der Waals surface area contributed by atoms with E-state index in [-0.39, 0.29) is 11.4 Å². The Morgan fingerprint density at radius 3 is 2.39 bits per heavy atom. The summed E-state index contributed by atoms with van der Waals surface area (Å²) >= 11 is 0. The number of carbonyl (C=O) groups is 1. The lowest BCUT2D eigenvalue weighted by molar-refractivity contribution is -0.401. The average Bonchev–Trinajstić information content (AvgIpc) is 2.90. The molecule has 28 heavy (non-hydrogen) atoms. The van der Waals surface area contributed by atoms with Crippen LogP contribution in [0, 0.1) is 0 Å². The number of hydrogen-bond acceptors (Lipinski definition) is 4. The number of ether oxygens (including phenoxy) is 3. The molecule has 0 saturated heterocycles. The number of rotatable bonds is 5. The Labute approximate surface area is 165 Å². The van der Waals surface area contributed by atoms with Crippen molar-refractivity contribution >= 4 is 23.4 Å². The van der Waals surface area contributed by atoms with Gasteiger partial charge in [-0.2, -0.15) is 4.58 Å². The maximum atomic E-state index is 11.9. The second kappa shape index (κ2) is 7.50. The van der Waals surface area contributed by atoms with Crippen LogP contribution in [-0.4, -0.2) is 44.6 Å². The van der Waals surface area contributed by atoms with Crippen LogP contribution in [0.5, 0.6) is 11.5 Å². The highest BCUT2D eigenvalue weighted by Gasteiger charge is 2.43. The first kappa shape index (κ1) is 19.7. The number of hydrogen-bond donors (Lipinski definition) is 0. The summed E-state index contributed by atoms with van der Waals surface area (Å²) in [6, 6.07) is 11.5. The number of fused-ring (bicyclic) bond motifs is 1. The van der Waals surface area contributed by atoms with Crippen LogP contribution in [0.1, 0.15) is 35.3 Å². The van der Waals surface area contributed by atoms with Crippen LogP contribution in [0.25, 0.3) is 6.08 Å². The molecule has 5 heteroatoms. The van der Waals surface area contributed by atoms with E-state index >= 15 is 0 Å². The number of esters is 1. The lowest BCUT2D eigenvalue weighted by atomic mass is 9.81. The number of methoxy groups -OCH3 is 3. The van der Waals surface area contributed by atoms with Crippen LogP contribution in [0.2, 0.25) is 0 Å². The highest BCUT2D eigenvalue weighted by Crippen LogP contribution is 2.40. The third kappa shape index (κ3) is 3.28. The number of allylic oxidation sites excluding steroid dienone is 1.